The van der Waals surface area contributed by atoms with E-state index in [0.29, 0.717) is 46.4 Å². The Balaban J connectivity index is 1.67. The lowest BCUT2D eigenvalue weighted by atomic mass is 10.2. The average molecular weight is 481 g/mol. The van der Waals surface area contributed by atoms with Crippen LogP contribution in [0.5, 0.6) is 17.2 Å². The van der Waals surface area contributed by atoms with Crippen LogP contribution in [0.3, 0.4) is 0 Å². The molecule has 176 valence electrons. The lowest BCUT2D eigenvalue weighted by Crippen LogP contribution is -2.17. The maximum Gasteiger partial charge on any atom is 0.343 e. The van der Waals surface area contributed by atoms with Crippen LogP contribution in [0, 0.1) is 0 Å². The standard InChI is InChI=1S/C26H25ClN2O5/c1-3-15-33-20-12-10-19(11-13-20)26(31)34-23-14-9-18(16-24(23)32-4-2)17-28-29-25(30)21-7-5-6-8-22(21)27/h5-14,16-17H,3-4,15H2,1-2H3,(H,29,30)/b28-17+. The van der Waals surface area contributed by atoms with Gasteiger partial charge in [0.25, 0.3) is 5.91 Å². The molecule has 0 spiro atoms. The fourth-order valence-electron chi connectivity index (χ4n) is 2.89. The summed E-state index contributed by atoms with van der Waals surface area (Å²) in [6.07, 6.45) is 2.36. The average Bonchev–Trinajstić information content (AvgIpc) is 2.85. The van der Waals surface area contributed by atoms with Crippen molar-refractivity contribution in [1.29, 1.82) is 0 Å². The summed E-state index contributed by atoms with van der Waals surface area (Å²) in [7, 11) is 0. The van der Waals surface area contributed by atoms with Gasteiger partial charge >= 0.3 is 5.97 Å². The second-order valence-electron chi connectivity index (χ2n) is 7.08. The van der Waals surface area contributed by atoms with Crippen LogP contribution in [0.15, 0.2) is 71.8 Å². The molecule has 0 atom stereocenters. The number of nitrogens with one attached hydrogen (secondary N) is 1. The third kappa shape index (κ3) is 6.83. The van der Waals surface area contributed by atoms with Gasteiger partial charge in [0.05, 0.1) is 35.6 Å². The molecule has 0 unspecified atom stereocenters. The molecular formula is C26H25ClN2O5. The third-order valence-electron chi connectivity index (χ3n) is 4.53. The Morgan fingerprint density at radius 3 is 2.44 bits per heavy atom. The van der Waals surface area contributed by atoms with Gasteiger partial charge in [-0.2, -0.15) is 5.10 Å². The van der Waals surface area contributed by atoms with Gasteiger partial charge in [-0.15, -0.1) is 0 Å². The Morgan fingerprint density at radius 2 is 1.74 bits per heavy atom. The molecule has 0 aliphatic carbocycles. The topological polar surface area (TPSA) is 86.2 Å². The minimum atomic E-state index is -0.517. The van der Waals surface area contributed by atoms with Gasteiger partial charge in [-0.25, -0.2) is 10.2 Å². The van der Waals surface area contributed by atoms with Crippen LogP contribution in [0.4, 0.5) is 0 Å². The lowest BCUT2D eigenvalue weighted by Gasteiger charge is -2.12. The maximum atomic E-state index is 12.6. The van der Waals surface area contributed by atoms with Crippen LogP contribution < -0.4 is 19.6 Å². The summed E-state index contributed by atoms with van der Waals surface area (Å²) in [4.78, 5) is 24.8. The molecule has 0 aliphatic rings. The van der Waals surface area contributed by atoms with Crippen LogP contribution in [0.1, 0.15) is 46.5 Å². The molecule has 0 bridgehead atoms. The number of rotatable bonds is 10. The first kappa shape index (κ1) is 24.8. The van der Waals surface area contributed by atoms with Crippen molar-refractivity contribution >= 4 is 29.7 Å². The molecule has 0 heterocycles. The molecule has 8 heteroatoms. The molecule has 0 fully saturated rings. The Bertz CT molecular complexity index is 1160. The molecule has 0 aliphatic heterocycles. The van der Waals surface area contributed by atoms with Crippen molar-refractivity contribution in [3.05, 3.63) is 88.4 Å². The molecule has 0 saturated heterocycles. The summed E-state index contributed by atoms with van der Waals surface area (Å²) in [5, 5.41) is 4.31. The van der Waals surface area contributed by atoms with E-state index in [0.717, 1.165) is 6.42 Å². The number of benzene rings is 3. The summed E-state index contributed by atoms with van der Waals surface area (Å²) in [6, 6.07) is 18.4. The molecule has 34 heavy (non-hydrogen) atoms. The van der Waals surface area contributed by atoms with Crippen LogP contribution in [-0.4, -0.2) is 31.3 Å². The van der Waals surface area contributed by atoms with E-state index >= 15 is 0 Å². The summed E-state index contributed by atoms with van der Waals surface area (Å²) in [5.74, 6) is 0.397. The molecule has 1 amide bonds. The van der Waals surface area contributed by atoms with E-state index in [2.05, 4.69) is 10.5 Å². The molecule has 0 radical (unpaired) electrons. The van der Waals surface area contributed by atoms with Crippen molar-refractivity contribution in [3.8, 4) is 17.2 Å². The Hall–Kier alpha value is -3.84. The highest BCUT2D eigenvalue weighted by Gasteiger charge is 2.14. The minimum absolute atomic E-state index is 0.274. The zero-order valence-electron chi connectivity index (χ0n) is 18.9. The molecule has 1 N–H and O–H groups in total. The number of carbonyl (C=O) groups is 2. The van der Waals surface area contributed by atoms with E-state index in [-0.39, 0.29) is 5.75 Å². The fraction of sp³-hybridized carbons (Fsp3) is 0.192. The van der Waals surface area contributed by atoms with Crippen molar-refractivity contribution in [2.24, 2.45) is 5.10 Å². The van der Waals surface area contributed by atoms with E-state index in [1.54, 1.807) is 66.7 Å². The molecule has 3 aromatic carbocycles. The summed E-state index contributed by atoms with van der Waals surface area (Å²) in [5.41, 5.74) is 3.78. The van der Waals surface area contributed by atoms with Crippen molar-refractivity contribution in [1.82, 2.24) is 5.43 Å². The summed E-state index contributed by atoms with van der Waals surface area (Å²) in [6.45, 7) is 4.83. The zero-order valence-corrected chi connectivity index (χ0v) is 19.7. The van der Waals surface area contributed by atoms with Crippen molar-refractivity contribution in [3.63, 3.8) is 0 Å². The van der Waals surface area contributed by atoms with Gasteiger partial charge in [0.2, 0.25) is 0 Å². The number of hydrogen-bond acceptors (Lipinski definition) is 6. The Morgan fingerprint density at radius 1 is 0.971 bits per heavy atom. The van der Waals surface area contributed by atoms with Crippen LogP contribution >= 0.6 is 11.6 Å². The van der Waals surface area contributed by atoms with E-state index in [1.165, 1.54) is 6.21 Å². The molecule has 3 rings (SSSR count). The monoisotopic (exact) mass is 480 g/mol. The van der Waals surface area contributed by atoms with Gasteiger partial charge in [0.15, 0.2) is 11.5 Å². The second kappa shape index (κ2) is 12.4. The lowest BCUT2D eigenvalue weighted by molar-refractivity contribution is 0.0728. The minimum Gasteiger partial charge on any atom is -0.494 e. The number of ether oxygens (including phenoxy) is 3. The highest BCUT2D eigenvalue weighted by molar-refractivity contribution is 6.33. The smallest absolute Gasteiger partial charge is 0.343 e. The van der Waals surface area contributed by atoms with Crippen molar-refractivity contribution in [2.75, 3.05) is 13.2 Å². The normalized spacial score (nSPS) is 10.7. The van der Waals surface area contributed by atoms with Gasteiger partial charge in [0, 0.05) is 0 Å². The molecule has 0 saturated carbocycles. The first-order valence-electron chi connectivity index (χ1n) is 10.8. The second-order valence-corrected chi connectivity index (χ2v) is 7.49. The van der Waals surface area contributed by atoms with Crippen LogP contribution in [0.2, 0.25) is 5.02 Å². The molecule has 3 aromatic rings. The van der Waals surface area contributed by atoms with Gasteiger partial charge in [-0.1, -0.05) is 30.7 Å². The van der Waals surface area contributed by atoms with Gasteiger partial charge < -0.3 is 14.2 Å². The first-order valence-corrected chi connectivity index (χ1v) is 11.2. The number of amides is 1. The maximum absolute atomic E-state index is 12.6. The highest BCUT2D eigenvalue weighted by atomic mass is 35.5. The Kier molecular flexibility index (Phi) is 9.05. The van der Waals surface area contributed by atoms with Gasteiger partial charge in [-0.3, -0.25) is 4.79 Å². The number of carbonyl (C=O) groups excluding carboxylic acids is 2. The fourth-order valence-corrected chi connectivity index (χ4v) is 3.12. The van der Waals surface area contributed by atoms with Gasteiger partial charge in [0.1, 0.15) is 5.75 Å². The van der Waals surface area contributed by atoms with Gasteiger partial charge in [-0.05, 0) is 73.5 Å². The van der Waals surface area contributed by atoms with E-state index in [1.807, 2.05) is 13.8 Å². The predicted octanol–water partition coefficient (Wildman–Crippen LogP) is 5.51. The van der Waals surface area contributed by atoms with Crippen molar-refractivity contribution < 1.29 is 23.8 Å². The zero-order chi connectivity index (χ0) is 24.3. The largest absolute Gasteiger partial charge is 0.494 e. The highest BCUT2D eigenvalue weighted by Crippen LogP contribution is 2.29. The predicted molar refractivity (Wildman–Crippen MR) is 131 cm³/mol. The number of esters is 1. The van der Waals surface area contributed by atoms with Crippen molar-refractivity contribution in [2.45, 2.75) is 20.3 Å². The Labute approximate surface area is 203 Å². The number of halogens is 1. The number of nitrogens with zero attached hydrogens (tertiary/aromatic N) is 1. The molecule has 0 aromatic heterocycles. The molecule has 7 nitrogen and oxygen atoms in total. The number of hydrogen-bond donors (Lipinski definition) is 1. The summed E-state index contributed by atoms with van der Waals surface area (Å²) >= 11 is 6.02. The third-order valence-corrected chi connectivity index (χ3v) is 4.86. The SMILES string of the molecule is CCCOc1ccc(C(=O)Oc2ccc(/C=N/NC(=O)c3ccccc3Cl)cc2OCC)cc1. The van der Waals surface area contributed by atoms with Crippen LogP contribution in [-0.2, 0) is 0 Å². The number of hydrazone groups is 1. The first-order chi connectivity index (χ1) is 16.5. The van der Waals surface area contributed by atoms with E-state index in [9.17, 15) is 9.59 Å². The van der Waals surface area contributed by atoms with E-state index in [4.69, 9.17) is 25.8 Å². The quantitative estimate of drug-likeness (QED) is 0.179. The summed E-state index contributed by atoms with van der Waals surface area (Å²) < 4.78 is 16.7. The van der Waals surface area contributed by atoms with E-state index < -0.39 is 11.9 Å². The van der Waals surface area contributed by atoms with Crippen LogP contribution in [0.25, 0.3) is 0 Å². The molecular weight excluding hydrogens is 456 g/mol.